The molecule has 0 radical (unpaired) electrons. The maximum atomic E-state index is 12.6. The molecule has 24 heavy (non-hydrogen) atoms. The lowest BCUT2D eigenvalue weighted by atomic mass is 9.92. The van der Waals surface area contributed by atoms with Crippen molar-refractivity contribution in [2.75, 3.05) is 20.2 Å². The molecule has 1 aromatic heterocycles. The largest absolute Gasteiger partial charge is 0.497 e. The zero-order chi connectivity index (χ0) is 17.1. The predicted molar refractivity (Wildman–Crippen MR) is 94.4 cm³/mol. The lowest BCUT2D eigenvalue weighted by Gasteiger charge is -2.32. The molecule has 0 aliphatic carbocycles. The highest BCUT2D eigenvalue weighted by molar-refractivity contribution is 7.13. The van der Waals surface area contributed by atoms with Crippen LogP contribution in [-0.2, 0) is 0 Å². The number of ether oxygens (including phenoxy) is 1. The van der Waals surface area contributed by atoms with E-state index in [1.165, 1.54) is 11.3 Å². The molecule has 2 heterocycles. The Morgan fingerprint density at radius 3 is 2.58 bits per heavy atom. The molecule has 1 atom stereocenters. The van der Waals surface area contributed by atoms with Crippen molar-refractivity contribution in [1.82, 2.24) is 9.88 Å². The second-order valence-electron chi connectivity index (χ2n) is 6.14. The zero-order valence-corrected chi connectivity index (χ0v) is 14.8. The quantitative estimate of drug-likeness (QED) is 0.924. The molecule has 1 unspecified atom stereocenters. The van der Waals surface area contributed by atoms with E-state index in [-0.39, 0.29) is 12.0 Å². The highest BCUT2D eigenvalue weighted by atomic mass is 32.1. The van der Waals surface area contributed by atoms with Gasteiger partial charge in [0.25, 0.3) is 5.91 Å². The lowest BCUT2D eigenvalue weighted by molar-refractivity contribution is 0.0518. The summed E-state index contributed by atoms with van der Waals surface area (Å²) in [7, 11) is 1.63. The Bertz CT molecular complexity index is 689. The molecular weight excluding hydrogens is 324 g/mol. The van der Waals surface area contributed by atoms with Crippen molar-refractivity contribution < 1.29 is 14.6 Å². The molecule has 1 fully saturated rings. The van der Waals surface area contributed by atoms with Crippen molar-refractivity contribution in [2.45, 2.75) is 25.9 Å². The first-order chi connectivity index (χ1) is 11.6. The minimum absolute atomic E-state index is 0.0185. The average molecular weight is 346 g/mol. The van der Waals surface area contributed by atoms with Gasteiger partial charge in [0.1, 0.15) is 16.5 Å². The van der Waals surface area contributed by atoms with Crippen LogP contribution < -0.4 is 4.74 Å². The Morgan fingerprint density at radius 2 is 2.00 bits per heavy atom. The molecule has 3 rings (SSSR count). The Labute approximate surface area is 145 Å². The number of aliphatic hydroxyl groups excluding tert-OH is 1. The molecule has 2 aromatic rings. The molecule has 0 spiro atoms. The second kappa shape index (κ2) is 7.32. The van der Waals surface area contributed by atoms with Crippen LogP contribution in [0.2, 0.25) is 0 Å². The number of thiazole rings is 1. The van der Waals surface area contributed by atoms with Crippen molar-refractivity contribution >= 4 is 17.2 Å². The number of amides is 1. The third kappa shape index (κ3) is 3.60. The summed E-state index contributed by atoms with van der Waals surface area (Å²) in [5.41, 5.74) is 1.48. The van der Waals surface area contributed by atoms with Gasteiger partial charge in [0.15, 0.2) is 0 Å². The molecular formula is C18H22N2O3S. The first-order valence-corrected chi connectivity index (χ1v) is 9.03. The van der Waals surface area contributed by atoms with Gasteiger partial charge in [-0.2, -0.15) is 0 Å². The van der Waals surface area contributed by atoms with Crippen LogP contribution in [0.4, 0.5) is 0 Å². The second-order valence-corrected chi connectivity index (χ2v) is 6.99. The first kappa shape index (κ1) is 16.9. The van der Waals surface area contributed by atoms with Crippen molar-refractivity contribution in [3.63, 3.8) is 0 Å². The number of nitrogens with zero attached hydrogens (tertiary/aromatic N) is 2. The number of rotatable bonds is 4. The Kier molecular flexibility index (Phi) is 5.16. The number of methoxy groups -OCH3 is 1. The fourth-order valence-electron chi connectivity index (χ4n) is 2.99. The van der Waals surface area contributed by atoms with E-state index in [0.717, 1.165) is 29.2 Å². The number of likely N-dealkylation sites (tertiary alicyclic amines) is 1. The molecule has 6 heteroatoms. The Hall–Kier alpha value is -1.92. The van der Waals surface area contributed by atoms with Crippen LogP contribution in [0.15, 0.2) is 29.6 Å². The molecule has 1 aliphatic rings. The van der Waals surface area contributed by atoms with Crippen LogP contribution in [0.3, 0.4) is 0 Å². The topological polar surface area (TPSA) is 62.7 Å². The molecule has 0 saturated carbocycles. The van der Waals surface area contributed by atoms with Crippen molar-refractivity contribution in [3.05, 3.63) is 35.3 Å². The SMILES string of the molecule is COc1ccc(-c2nc(C(=O)N3CCC(C(C)O)CC3)cs2)cc1. The fraction of sp³-hybridized carbons (Fsp3) is 0.444. The molecule has 1 amide bonds. The van der Waals surface area contributed by atoms with Gasteiger partial charge in [-0.15, -0.1) is 11.3 Å². The van der Waals surface area contributed by atoms with Gasteiger partial charge in [0.05, 0.1) is 13.2 Å². The van der Waals surface area contributed by atoms with Gasteiger partial charge in [0.2, 0.25) is 0 Å². The molecule has 128 valence electrons. The van der Waals surface area contributed by atoms with Gasteiger partial charge in [-0.3, -0.25) is 4.79 Å². The summed E-state index contributed by atoms with van der Waals surface area (Å²) >= 11 is 1.47. The van der Waals surface area contributed by atoms with Gasteiger partial charge in [-0.1, -0.05) is 0 Å². The summed E-state index contributed by atoms with van der Waals surface area (Å²) in [5, 5.41) is 12.3. The van der Waals surface area contributed by atoms with Crippen LogP contribution in [0, 0.1) is 5.92 Å². The van der Waals surface area contributed by atoms with Crippen molar-refractivity contribution in [1.29, 1.82) is 0 Å². The zero-order valence-electron chi connectivity index (χ0n) is 13.9. The van der Waals surface area contributed by atoms with Crippen LogP contribution in [-0.4, -0.2) is 47.2 Å². The van der Waals surface area contributed by atoms with Gasteiger partial charge >= 0.3 is 0 Å². The summed E-state index contributed by atoms with van der Waals surface area (Å²) in [5.74, 6) is 1.07. The number of hydrogen-bond acceptors (Lipinski definition) is 5. The van der Waals surface area contributed by atoms with E-state index < -0.39 is 0 Å². The van der Waals surface area contributed by atoms with Gasteiger partial charge in [-0.05, 0) is 49.9 Å². The van der Waals surface area contributed by atoms with Crippen LogP contribution in [0.5, 0.6) is 5.75 Å². The molecule has 1 saturated heterocycles. The number of carbonyl (C=O) groups excluding carboxylic acids is 1. The number of hydrogen-bond donors (Lipinski definition) is 1. The lowest BCUT2D eigenvalue weighted by Crippen LogP contribution is -2.40. The van der Waals surface area contributed by atoms with Gasteiger partial charge in [-0.25, -0.2) is 4.98 Å². The summed E-state index contributed by atoms with van der Waals surface area (Å²) < 4.78 is 5.16. The van der Waals surface area contributed by atoms with E-state index in [0.29, 0.717) is 24.7 Å². The standard InChI is InChI=1S/C18H22N2O3S/c1-12(21)13-7-9-20(10-8-13)18(22)16-11-24-17(19-16)14-3-5-15(23-2)6-4-14/h3-6,11-13,21H,7-10H2,1-2H3. The van der Waals surface area contributed by atoms with E-state index in [4.69, 9.17) is 4.74 Å². The summed E-state index contributed by atoms with van der Waals surface area (Å²) in [6.07, 6.45) is 1.39. The van der Waals surface area contributed by atoms with Crippen molar-refractivity contribution in [3.8, 4) is 16.3 Å². The Balaban J connectivity index is 1.67. The van der Waals surface area contributed by atoms with E-state index in [1.807, 2.05) is 41.5 Å². The highest BCUT2D eigenvalue weighted by Gasteiger charge is 2.27. The van der Waals surface area contributed by atoms with Crippen molar-refractivity contribution in [2.24, 2.45) is 5.92 Å². The minimum Gasteiger partial charge on any atom is -0.497 e. The number of aliphatic hydroxyl groups is 1. The van der Waals surface area contributed by atoms with Crippen LogP contribution >= 0.6 is 11.3 Å². The maximum absolute atomic E-state index is 12.6. The van der Waals surface area contributed by atoms with E-state index >= 15 is 0 Å². The summed E-state index contributed by atoms with van der Waals surface area (Å²) in [6.45, 7) is 3.19. The highest BCUT2D eigenvalue weighted by Crippen LogP contribution is 2.27. The number of piperidine rings is 1. The van der Waals surface area contributed by atoms with Gasteiger partial charge < -0.3 is 14.7 Å². The predicted octanol–water partition coefficient (Wildman–Crippen LogP) is 3.05. The van der Waals surface area contributed by atoms with Crippen LogP contribution in [0.1, 0.15) is 30.3 Å². The molecule has 5 nitrogen and oxygen atoms in total. The van der Waals surface area contributed by atoms with E-state index in [2.05, 4.69) is 4.98 Å². The monoisotopic (exact) mass is 346 g/mol. The number of benzene rings is 1. The van der Waals surface area contributed by atoms with E-state index in [1.54, 1.807) is 7.11 Å². The number of aromatic nitrogens is 1. The summed E-state index contributed by atoms with van der Waals surface area (Å²) in [4.78, 5) is 19.0. The van der Waals surface area contributed by atoms with Gasteiger partial charge in [0, 0.05) is 24.0 Å². The normalized spacial score (nSPS) is 16.9. The first-order valence-electron chi connectivity index (χ1n) is 8.16. The number of carbonyl (C=O) groups is 1. The third-order valence-electron chi connectivity index (χ3n) is 4.57. The fourth-order valence-corrected chi connectivity index (χ4v) is 3.79. The summed E-state index contributed by atoms with van der Waals surface area (Å²) in [6, 6.07) is 7.66. The van der Waals surface area contributed by atoms with E-state index in [9.17, 15) is 9.90 Å². The third-order valence-corrected chi connectivity index (χ3v) is 5.46. The smallest absolute Gasteiger partial charge is 0.273 e. The van der Waals surface area contributed by atoms with Crippen LogP contribution in [0.25, 0.3) is 10.6 Å². The molecule has 1 aromatic carbocycles. The average Bonchev–Trinajstić information content (AvgIpc) is 3.11. The minimum atomic E-state index is -0.303. The molecule has 1 aliphatic heterocycles. The molecule has 1 N–H and O–H groups in total. The maximum Gasteiger partial charge on any atom is 0.273 e. The molecule has 0 bridgehead atoms. The Morgan fingerprint density at radius 1 is 1.33 bits per heavy atom.